The van der Waals surface area contributed by atoms with Crippen LogP contribution in [0.5, 0.6) is 0 Å². The molecule has 20 heavy (non-hydrogen) atoms. The van der Waals surface area contributed by atoms with Crippen molar-refractivity contribution in [2.75, 3.05) is 19.8 Å². The summed E-state index contributed by atoms with van der Waals surface area (Å²) in [5.74, 6) is -1.09. The molecule has 0 radical (unpaired) electrons. The van der Waals surface area contributed by atoms with Gasteiger partial charge in [-0.25, -0.2) is 0 Å². The first kappa shape index (κ1) is 15.0. The standard InChI is InChI=1S/C15H23NO4/c1-2-7-16(13-10-20-9-12(13)15(18)19)14(17)8-11-5-3-4-6-11/h3,5,11-13H,2,4,6-10H2,1H3,(H,18,19). The fourth-order valence-corrected chi connectivity index (χ4v) is 3.01. The Kier molecular flexibility index (Phi) is 5.17. The highest BCUT2D eigenvalue weighted by atomic mass is 16.5. The largest absolute Gasteiger partial charge is 0.481 e. The molecule has 1 saturated heterocycles. The summed E-state index contributed by atoms with van der Waals surface area (Å²) in [6.45, 7) is 3.15. The zero-order valence-corrected chi connectivity index (χ0v) is 12.0. The minimum Gasteiger partial charge on any atom is -0.481 e. The Morgan fingerprint density at radius 2 is 2.20 bits per heavy atom. The fourth-order valence-electron chi connectivity index (χ4n) is 3.01. The molecule has 112 valence electrons. The van der Waals surface area contributed by atoms with Gasteiger partial charge in [0.2, 0.25) is 5.91 Å². The molecule has 3 unspecified atom stereocenters. The molecule has 2 rings (SSSR count). The van der Waals surface area contributed by atoms with Gasteiger partial charge in [-0.2, -0.15) is 0 Å². The van der Waals surface area contributed by atoms with Crippen molar-refractivity contribution >= 4 is 11.9 Å². The number of hydrogen-bond donors (Lipinski definition) is 1. The molecule has 5 heteroatoms. The number of carbonyl (C=O) groups is 2. The average Bonchev–Trinajstić information content (AvgIpc) is 3.06. The van der Waals surface area contributed by atoms with Crippen LogP contribution in [0, 0.1) is 11.8 Å². The van der Waals surface area contributed by atoms with Crippen LogP contribution >= 0.6 is 0 Å². The number of carbonyl (C=O) groups excluding carboxylic acids is 1. The van der Waals surface area contributed by atoms with E-state index in [4.69, 9.17) is 4.74 Å². The van der Waals surface area contributed by atoms with Crippen LogP contribution in [0.15, 0.2) is 12.2 Å². The van der Waals surface area contributed by atoms with E-state index in [9.17, 15) is 14.7 Å². The number of carboxylic acid groups (broad SMARTS) is 1. The number of carboxylic acids is 1. The molecule has 1 heterocycles. The van der Waals surface area contributed by atoms with Crippen molar-refractivity contribution in [1.29, 1.82) is 0 Å². The van der Waals surface area contributed by atoms with Gasteiger partial charge in [-0.1, -0.05) is 19.1 Å². The van der Waals surface area contributed by atoms with Gasteiger partial charge in [0, 0.05) is 13.0 Å². The van der Waals surface area contributed by atoms with Crippen molar-refractivity contribution in [3.63, 3.8) is 0 Å². The van der Waals surface area contributed by atoms with Gasteiger partial charge >= 0.3 is 5.97 Å². The molecule has 0 spiro atoms. The summed E-state index contributed by atoms with van der Waals surface area (Å²) in [6, 6.07) is -0.315. The lowest BCUT2D eigenvalue weighted by Crippen LogP contribution is -2.47. The molecule has 0 saturated carbocycles. The Balaban J connectivity index is 2.03. The van der Waals surface area contributed by atoms with Gasteiger partial charge in [0.05, 0.1) is 19.3 Å². The lowest BCUT2D eigenvalue weighted by molar-refractivity contribution is -0.145. The van der Waals surface area contributed by atoms with E-state index in [2.05, 4.69) is 12.2 Å². The van der Waals surface area contributed by atoms with E-state index < -0.39 is 11.9 Å². The highest BCUT2D eigenvalue weighted by molar-refractivity contribution is 5.79. The second kappa shape index (κ2) is 6.88. The fraction of sp³-hybridized carbons (Fsp3) is 0.733. The van der Waals surface area contributed by atoms with Crippen molar-refractivity contribution in [1.82, 2.24) is 4.90 Å². The van der Waals surface area contributed by atoms with Crippen molar-refractivity contribution in [2.45, 2.75) is 38.6 Å². The Hall–Kier alpha value is -1.36. The summed E-state index contributed by atoms with van der Waals surface area (Å²) in [5.41, 5.74) is 0. The van der Waals surface area contributed by atoms with Crippen LogP contribution < -0.4 is 0 Å². The van der Waals surface area contributed by atoms with Crippen LogP contribution in [0.4, 0.5) is 0 Å². The van der Waals surface area contributed by atoms with Crippen LogP contribution in [-0.4, -0.2) is 47.7 Å². The number of allylic oxidation sites excluding steroid dienone is 2. The minimum atomic E-state index is -0.873. The zero-order chi connectivity index (χ0) is 14.5. The zero-order valence-electron chi connectivity index (χ0n) is 12.0. The Morgan fingerprint density at radius 1 is 1.40 bits per heavy atom. The molecule has 1 aliphatic heterocycles. The van der Waals surface area contributed by atoms with E-state index in [-0.39, 0.29) is 18.6 Å². The third-order valence-electron chi connectivity index (χ3n) is 4.10. The van der Waals surface area contributed by atoms with Gasteiger partial charge in [-0.15, -0.1) is 0 Å². The third-order valence-corrected chi connectivity index (χ3v) is 4.10. The normalized spacial score (nSPS) is 28.8. The maximum atomic E-state index is 12.5. The van der Waals surface area contributed by atoms with Gasteiger partial charge in [0.25, 0.3) is 0 Å². The summed E-state index contributed by atoms with van der Waals surface area (Å²) >= 11 is 0. The van der Waals surface area contributed by atoms with Gasteiger partial charge in [0.15, 0.2) is 0 Å². The molecule has 0 aromatic rings. The summed E-state index contributed by atoms with van der Waals surface area (Å²) in [6.07, 6.45) is 7.59. The maximum absolute atomic E-state index is 12.5. The quantitative estimate of drug-likeness (QED) is 0.752. The molecule has 0 aromatic carbocycles. The SMILES string of the molecule is CCCN(C(=O)CC1C=CCC1)C1COCC1C(=O)O. The summed E-state index contributed by atoms with van der Waals surface area (Å²) in [5, 5.41) is 9.24. The minimum absolute atomic E-state index is 0.0603. The summed E-state index contributed by atoms with van der Waals surface area (Å²) in [7, 11) is 0. The van der Waals surface area contributed by atoms with Crippen molar-refractivity contribution < 1.29 is 19.4 Å². The number of aliphatic carboxylic acids is 1. The number of rotatable bonds is 6. The summed E-state index contributed by atoms with van der Waals surface area (Å²) in [4.78, 5) is 25.5. The highest BCUT2D eigenvalue weighted by Gasteiger charge is 2.39. The number of hydrogen-bond acceptors (Lipinski definition) is 3. The van der Waals surface area contributed by atoms with Crippen LogP contribution in [0.25, 0.3) is 0 Å². The molecule has 0 bridgehead atoms. The first-order chi connectivity index (χ1) is 9.63. The highest BCUT2D eigenvalue weighted by Crippen LogP contribution is 2.25. The molecular formula is C15H23NO4. The molecule has 3 atom stereocenters. The van der Waals surface area contributed by atoms with E-state index in [1.54, 1.807) is 4.90 Å². The Bertz CT molecular complexity index is 393. The van der Waals surface area contributed by atoms with Gasteiger partial charge in [-0.3, -0.25) is 9.59 Å². The molecule has 1 aliphatic carbocycles. The predicted molar refractivity (Wildman–Crippen MR) is 74.2 cm³/mol. The van der Waals surface area contributed by atoms with E-state index in [0.717, 1.165) is 19.3 Å². The van der Waals surface area contributed by atoms with Crippen LogP contribution in [0.1, 0.15) is 32.6 Å². The molecule has 1 N–H and O–H groups in total. The second-order valence-electron chi connectivity index (χ2n) is 5.61. The first-order valence-corrected chi connectivity index (χ1v) is 7.40. The maximum Gasteiger partial charge on any atom is 0.311 e. The monoisotopic (exact) mass is 281 g/mol. The Morgan fingerprint density at radius 3 is 2.80 bits per heavy atom. The number of ether oxygens (including phenoxy) is 1. The Labute approximate surface area is 119 Å². The van der Waals surface area contributed by atoms with Gasteiger partial charge < -0.3 is 14.7 Å². The molecule has 1 amide bonds. The smallest absolute Gasteiger partial charge is 0.311 e. The van der Waals surface area contributed by atoms with Crippen LogP contribution in [0.2, 0.25) is 0 Å². The van der Waals surface area contributed by atoms with E-state index in [0.29, 0.717) is 25.5 Å². The average molecular weight is 281 g/mol. The second-order valence-corrected chi connectivity index (χ2v) is 5.61. The molecule has 2 aliphatic rings. The van der Waals surface area contributed by atoms with Crippen LogP contribution in [0.3, 0.4) is 0 Å². The third kappa shape index (κ3) is 3.39. The number of nitrogens with zero attached hydrogens (tertiary/aromatic N) is 1. The molecule has 5 nitrogen and oxygen atoms in total. The van der Waals surface area contributed by atoms with Gasteiger partial charge in [-0.05, 0) is 25.2 Å². The first-order valence-electron chi connectivity index (χ1n) is 7.40. The van der Waals surface area contributed by atoms with Crippen molar-refractivity contribution in [3.8, 4) is 0 Å². The predicted octanol–water partition coefficient (Wildman–Crippen LogP) is 1.68. The van der Waals surface area contributed by atoms with Gasteiger partial charge in [0.1, 0.15) is 5.92 Å². The van der Waals surface area contributed by atoms with E-state index in [1.165, 1.54) is 0 Å². The lowest BCUT2D eigenvalue weighted by Gasteiger charge is -2.31. The molecule has 1 fully saturated rings. The summed E-state index contributed by atoms with van der Waals surface area (Å²) < 4.78 is 5.29. The van der Waals surface area contributed by atoms with E-state index >= 15 is 0 Å². The van der Waals surface area contributed by atoms with Crippen molar-refractivity contribution in [3.05, 3.63) is 12.2 Å². The van der Waals surface area contributed by atoms with Crippen molar-refractivity contribution in [2.24, 2.45) is 11.8 Å². The number of amides is 1. The van der Waals surface area contributed by atoms with E-state index in [1.807, 2.05) is 6.92 Å². The van der Waals surface area contributed by atoms with Crippen LogP contribution in [-0.2, 0) is 14.3 Å². The molecular weight excluding hydrogens is 258 g/mol. The topological polar surface area (TPSA) is 66.8 Å². The molecule has 0 aromatic heterocycles. The lowest BCUT2D eigenvalue weighted by atomic mass is 9.99.